The van der Waals surface area contributed by atoms with Crippen LogP contribution in [0.15, 0.2) is 51.5 Å². The number of rotatable bonds is 1. The van der Waals surface area contributed by atoms with E-state index in [-0.39, 0.29) is 22.7 Å². The molecule has 2 rings (SSSR count). The molecule has 2 aromatic rings. The minimum atomic E-state index is -0.0269. The van der Waals surface area contributed by atoms with Gasteiger partial charge < -0.3 is 0 Å². The van der Waals surface area contributed by atoms with Gasteiger partial charge in [0.05, 0.1) is 9.81 Å². The van der Waals surface area contributed by atoms with Gasteiger partial charge in [0.15, 0.2) is 0 Å². The van der Waals surface area contributed by atoms with Crippen molar-refractivity contribution in [2.24, 2.45) is 0 Å². The summed E-state index contributed by atoms with van der Waals surface area (Å²) in [5, 5.41) is 0. The second-order valence-corrected chi connectivity index (χ2v) is 4.36. The van der Waals surface area contributed by atoms with E-state index in [9.17, 15) is 0 Å². The minimum absolute atomic E-state index is 0.0139. The first-order chi connectivity index (χ1) is 8.00. The average Bonchev–Trinajstić information content (AvgIpc) is 2.31. The van der Waals surface area contributed by atoms with Crippen LogP contribution in [0.4, 0.5) is 0 Å². The van der Waals surface area contributed by atoms with Crippen molar-refractivity contribution in [3.63, 3.8) is 0 Å². The summed E-state index contributed by atoms with van der Waals surface area (Å²) in [7, 11) is 0. The Bertz CT molecular complexity index is 587. The van der Waals surface area contributed by atoms with E-state index in [1.54, 1.807) is 6.07 Å². The zero-order chi connectivity index (χ0) is 12.6. The van der Waals surface area contributed by atoms with Crippen LogP contribution < -0.4 is 0 Å². The Balaban J connectivity index is 2.68. The highest BCUT2D eigenvalue weighted by molar-refractivity contribution is 9.10. The minimum Gasteiger partial charge on any atom is -0.255 e. The zero-order valence-corrected chi connectivity index (χ0v) is 10.2. The van der Waals surface area contributed by atoms with Crippen molar-refractivity contribution < 1.29 is 4.11 Å². The molecule has 0 spiro atoms. The summed E-state index contributed by atoms with van der Waals surface area (Å²) in [6.07, 6.45) is -0.0269. The van der Waals surface area contributed by atoms with Gasteiger partial charge in [-0.25, -0.2) is 0 Å². The lowest BCUT2D eigenvalue weighted by molar-refractivity contribution is 1.31. The molecule has 0 unspecified atom stereocenters. The molecule has 0 amide bonds. The van der Waals surface area contributed by atoms with Crippen LogP contribution in [0, 0.1) is 0 Å². The van der Waals surface area contributed by atoms with E-state index in [4.69, 9.17) is 4.11 Å². The van der Waals surface area contributed by atoms with Crippen molar-refractivity contribution >= 4 is 31.9 Å². The van der Waals surface area contributed by atoms with Crippen LogP contribution in [-0.4, -0.2) is 4.98 Å². The van der Waals surface area contributed by atoms with Crippen LogP contribution in [0.25, 0.3) is 11.3 Å². The smallest absolute Gasteiger partial charge is 0.0852 e. The first kappa shape index (κ1) is 6.75. The lowest BCUT2D eigenvalue weighted by atomic mass is 10.1. The van der Waals surface area contributed by atoms with Crippen molar-refractivity contribution in [3.8, 4) is 11.3 Å². The highest BCUT2D eigenvalue weighted by Gasteiger charge is 1.98. The third-order valence-electron chi connectivity index (χ3n) is 1.65. The standard InChI is InChI=1S/C11H7Br2N/c12-9-3-1-2-8(6-9)11-5-4-10(13)7-14-11/h1-7H/i4D,5D,7D. The topological polar surface area (TPSA) is 12.9 Å². The van der Waals surface area contributed by atoms with Gasteiger partial charge in [-0.3, -0.25) is 4.98 Å². The fourth-order valence-corrected chi connectivity index (χ4v) is 1.63. The molecule has 0 saturated heterocycles. The van der Waals surface area contributed by atoms with E-state index in [0.717, 1.165) is 10.0 Å². The Morgan fingerprint density at radius 2 is 2.00 bits per heavy atom. The molecular formula is C11H7Br2N. The Hall–Kier alpha value is -0.670. The monoisotopic (exact) mass is 314 g/mol. The third-order valence-corrected chi connectivity index (χ3v) is 2.52. The van der Waals surface area contributed by atoms with E-state index in [1.807, 2.05) is 18.2 Å². The van der Waals surface area contributed by atoms with Crippen LogP contribution in [-0.2, 0) is 0 Å². The molecule has 0 aliphatic heterocycles. The number of aromatic nitrogens is 1. The molecule has 1 aromatic carbocycles. The predicted molar refractivity (Wildman–Crippen MR) is 65.1 cm³/mol. The molecule has 0 N–H and O–H groups in total. The quantitative estimate of drug-likeness (QED) is 0.765. The summed E-state index contributed by atoms with van der Waals surface area (Å²) < 4.78 is 24.3. The average molecular weight is 316 g/mol. The van der Waals surface area contributed by atoms with Gasteiger partial charge in [0.1, 0.15) is 0 Å². The molecule has 0 saturated carbocycles. The van der Waals surface area contributed by atoms with Crippen LogP contribution in [0.5, 0.6) is 0 Å². The summed E-state index contributed by atoms with van der Waals surface area (Å²) >= 11 is 6.43. The molecule has 0 atom stereocenters. The number of pyridine rings is 1. The fourth-order valence-electron chi connectivity index (χ4n) is 1.05. The van der Waals surface area contributed by atoms with Crippen LogP contribution in [0.2, 0.25) is 0 Å². The Morgan fingerprint density at radius 3 is 2.79 bits per heavy atom. The van der Waals surface area contributed by atoms with E-state index in [1.165, 1.54) is 0 Å². The normalized spacial score (nSPS) is 13.1. The maximum Gasteiger partial charge on any atom is 0.0852 e. The second kappa shape index (κ2) is 4.24. The molecule has 70 valence electrons. The summed E-state index contributed by atoms with van der Waals surface area (Å²) in [5.74, 6) is 0. The summed E-state index contributed by atoms with van der Waals surface area (Å²) in [6.45, 7) is 0. The van der Waals surface area contributed by atoms with Crippen molar-refractivity contribution in [3.05, 3.63) is 51.5 Å². The van der Waals surface area contributed by atoms with Crippen molar-refractivity contribution in [2.45, 2.75) is 0 Å². The van der Waals surface area contributed by atoms with Crippen LogP contribution in [0.1, 0.15) is 4.11 Å². The van der Waals surface area contributed by atoms with Gasteiger partial charge in [0.25, 0.3) is 0 Å². The summed E-state index contributed by atoms with van der Waals surface area (Å²) in [5.41, 5.74) is 1.07. The van der Waals surface area contributed by atoms with Gasteiger partial charge in [-0.05, 0) is 40.1 Å². The zero-order valence-electron chi connectivity index (χ0n) is 10.0. The predicted octanol–water partition coefficient (Wildman–Crippen LogP) is 4.27. The summed E-state index contributed by atoms with van der Waals surface area (Å²) in [6, 6.07) is 7.32. The number of hydrogen-bond acceptors (Lipinski definition) is 1. The largest absolute Gasteiger partial charge is 0.255 e. The van der Waals surface area contributed by atoms with Gasteiger partial charge in [-0.1, -0.05) is 28.1 Å². The molecule has 0 aliphatic carbocycles. The van der Waals surface area contributed by atoms with Crippen LogP contribution in [0.3, 0.4) is 0 Å². The van der Waals surface area contributed by atoms with E-state index in [2.05, 4.69) is 36.8 Å². The lowest BCUT2D eigenvalue weighted by Gasteiger charge is -2.00. The molecule has 0 radical (unpaired) electrons. The Labute approximate surface area is 104 Å². The van der Waals surface area contributed by atoms with Crippen molar-refractivity contribution in [1.29, 1.82) is 0 Å². The molecular weight excluding hydrogens is 306 g/mol. The van der Waals surface area contributed by atoms with Crippen molar-refractivity contribution in [1.82, 2.24) is 4.98 Å². The molecule has 1 heterocycles. The van der Waals surface area contributed by atoms with Gasteiger partial charge in [0.2, 0.25) is 0 Å². The van der Waals surface area contributed by atoms with Crippen molar-refractivity contribution in [2.75, 3.05) is 0 Å². The molecule has 0 aliphatic rings. The number of hydrogen-bond donors (Lipinski definition) is 0. The number of nitrogens with zero attached hydrogens (tertiary/aromatic N) is 1. The molecule has 1 nitrogen and oxygen atoms in total. The lowest BCUT2D eigenvalue weighted by Crippen LogP contribution is -1.82. The van der Waals surface area contributed by atoms with E-state index >= 15 is 0 Å². The first-order valence-electron chi connectivity index (χ1n) is 5.40. The molecule has 3 heteroatoms. The maximum absolute atomic E-state index is 7.86. The molecule has 0 fully saturated rings. The third kappa shape index (κ3) is 2.22. The first-order valence-corrected chi connectivity index (χ1v) is 5.48. The Morgan fingerprint density at radius 1 is 1.14 bits per heavy atom. The van der Waals surface area contributed by atoms with E-state index < -0.39 is 0 Å². The highest BCUT2D eigenvalue weighted by Crippen LogP contribution is 2.21. The van der Waals surface area contributed by atoms with Gasteiger partial charge >= 0.3 is 0 Å². The molecule has 0 bridgehead atoms. The van der Waals surface area contributed by atoms with Gasteiger partial charge in [-0.15, -0.1) is 0 Å². The van der Waals surface area contributed by atoms with Crippen LogP contribution >= 0.6 is 31.9 Å². The molecule has 1 aromatic heterocycles. The maximum atomic E-state index is 7.86. The summed E-state index contributed by atoms with van der Waals surface area (Å²) in [4.78, 5) is 4.04. The fraction of sp³-hybridized carbons (Fsp3) is 0. The Kier molecular flexibility index (Phi) is 2.04. The van der Waals surface area contributed by atoms with E-state index in [0.29, 0.717) is 5.69 Å². The molecule has 14 heavy (non-hydrogen) atoms. The number of halogens is 2. The van der Waals surface area contributed by atoms with Gasteiger partial charge in [-0.2, -0.15) is 0 Å². The SMILES string of the molecule is [2H]c1nc(-c2cccc(Br)c2)c([2H])c([2H])c1Br. The highest BCUT2D eigenvalue weighted by atomic mass is 79.9. The van der Waals surface area contributed by atoms with Gasteiger partial charge in [0, 0.05) is 20.7 Å². The second-order valence-electron chi connectivity index (χ2n) is 2.65. The number of benzene rings is 1.